The van der Waals surface area contributed by atoms with E-state index in [4.69, 9.17) is 19.3 Å². The van der Waals surface area contributed by atoms with Gasteiger partial charge in [0.2, 0.25) is 0 Å². The Kier molecular flexibility index (Phi) is 6.65. The first kappa shape index (κ1) is 20.1. The van der Waals surface area contributed by atoms with E-state index in [1.807, 2.05) is 13.8 Å². The van der Waals surface area contributed by atoms with Crippen LogP contribution >= 0.6 is 0 Å². The molecule has 144 valence electrons. The second-order valence-corrected chi connectivity index (χ2v) is 6.24. The van der Waals surface area contributed by atoms with Crippen molar-refractivity contribution in [1.82, 2.24) is 0 Å². The SMILES string of the molecule is COc1cc(C(=O)Nc2ccc(C(=O)O)c(OC)c2)ccc1OCC(C)C. The van der Waals surface area contributed by atoms with Crippen LogP contribution in [0.2, 0.25) is 0 Å². The summed E-state index contributed by atoms with van der Waals surface area (Å²) in [6.45, 7) is 4.62. The third-order valence-corrected chi connectivity index (χ3v) is 3.69. The zero-order chi connectivity index (χ0) is 20.0. The van der Waals surface area contributed by atoms with Crippen molar-refractivity contribution < 1.29 is 28.9 Å². The van der Waals surface area contributed by atoms with Crippen LogP contribution in [0, 0.1) is 5.92 Å². The standard InChI is InChI=1S/C20H23NO6/c1-12(2)11-27-16-8-5-13(9-18(16)26-4)19(22)21-14-6-7-15(20(23)24)17(10-14)25-3/h5-10,12H,11H2,1-4H3,(H,21,22)(H,23,24). The van der Waals surface area contributed by atoms with Gasteiger partial charge in [0.05, 0.1) is 20.8 Å². The number of hydrogen-bond acceptors (Lipinski definition) is 5. The van der Waals surface area contributed by atoms with E-state index >= 15 is 0 Å². The topological polar surface area (TPSA) is 94.1 Å². The number of rotatable bonds is 8. The van der Waals surface area contributed by atoms with Crippen molar-refractivity contribution in [1.29, 1.82) is 0 Å². The van der Waals surface area contributed by atoms with E-state index in [9.17, 15) is 9.59 Å². The number of carbonyl (C=O) groups is 2. The maximum atomic E-state index is 12.5. The minimum Gasteiger partial charge on any atom is -0.496 e. The zero-order valence-electron chi connectivity index (χ0n) is 15.7. The molecule has 0 atom stereocenters. The summed E-state index contributed by atoms with van der Waals surface area (Å²) in [6, 6.07) is 9.24. The molecule has 0 aliphatic carbocycles. The largest absolute Gasteiger partial charge is 0.496 e. The third kappa shape index (κ3) is 5.13. The van der Waals surface area contributed by atoms with Gasteiger partial charge in [-0.3, -0.25) is 4.79 Å². The van der Waals surface area contributed by atoms with Crippen molar-refractivity contribution in [2.75, 3.05) is 26.1 Å². The molecule has 0 saturated heterocycles. The summed E-state index contributed by atoms with van der Waals surface area (Å²) in [6.07, 6.45) is 0. The number of ether oxygens (including phenoxy) is 3. The predicted molar refractivity (Wildman–Crippen MR) is 101 cm³/mol. The van der Waals surface area contributed by atoms with Gasteiger partial charge in [-0.05, 0) is 36.2 Å². The molecule has 7 heteroatoms. The molecule has 0 aliphatic rings. The Morgan fingerprint density at radius 1 is 1.00 bits per heavy atom. The van der Waals surface area contributed by atoms with Crippen LogP contribution in [0.15, 0.2) is 36.4 Å². The quantitative estimate of drug-likeness (QED) is 0.733. The lowest BCUT2D eigenvalue weighted by atomic mass is 10.1. The van der Waals surface area contributed by atoms with Crippen LogP contribution in [0.3, 0.4) is 0 Å². The molecule has 0 bridgehead atoms. The smallest absolute Gasteiger partial charge is 0.339 e. The van der Waals surface area contributed by atoms with Gasteiger partial charge in [0, 0.05) is 17.3 Å². The minimum absolute atomic E-state index is 0.0174. The maximum Gasteiger partial charge on any atom is 0.339 e. The highest BCUT2D eigenvalue weighted by Gasteiger charge is 2.15. The van der Waals surface area contributed by atoms with Gasteiger partial charge < -0.3 is 24.6 Å². The van der Waals surface area contributed by atoms with Crippen LogP contribution in [0.25, 0.3) is 0 Å². The van der Waals surface area contributed by atoms with Gasteiger partial charge in [0.1, 0.15) is 11.3 Å². The van der Waals surface area contributed by atoms with Crippen LogP contribution < -0.4 is 19.5 Å². The monoisotopic (exact) mass is 373 g/mol. The number of hydrogen-bond donors (Lipinski definition) is 2. The summed E-state index contributed by atoms with van der Waals surface area (Å²) in [5, 5.41) is 11.8. The van der Waals surface area contributed by atoms with Gasteiger partial charge in [0.25, 0.3) is 5.91 Å². The lowest BCUT2D eigenvalue weighted by Gasteiger charge is -2.14. The Bertz CT molecular complexity index is 831. The molecule has 0 heterocycles. The van der Waals surface area contributed by atoms with Crippen molar-refractivity contribution in [3.8, 4) is 17.2 Å². The number of anilines is 1. The highest BCUT2D eigenvalue weighted by molar-refractivity contribution is 6.05. The molecule has 7 nitrogen and oxygen atoms in total. The molecule has 0 saturated carbocycles. The number of amides is 1. The Labute approximate surface area is 157 Å². The summed E-state index contributed by atoms with van der Waals surface area (Å²) in [4.78, 5) is 23.7. The van der Waals surface area contributed by atoms with Crippen LogP contribution in [0.4, 0.5) is 5.69 Å². The van der Waals surface area contributed by atoms with E-state index in [-0.39, 0.29) is 17.2 Å². The van der Waals surface area contributed by atoms with Gasteiger partial charge in [-0.25, -0.2) is 4.79 Å². The first-order valence-electron chi connectivity index (χ1n) is 8.39. The first-order valence-corrected chi connectivity index (χ1v) is 8.39. The van der Waals surface area contributed by atoms with Crippen molar-refractivity contribution in [3.63, 3.8) is 0 Å². The molecule has 2 rings (SSSR count). The molecule has 0 unspecified atom stereocenters. The number of carboxylic acids is 1. The zero-order valence-corrected chi connectivity index (χ0v) is 15.7. The molecule has 0 aliphatic heterocycles. The number of methoxy groups -OCH3 is 2. The lowest BCUT2D eigenvalue weighted by molar-refractivity contribution is 0.0693. The molecule has 0 radical (unpaired) electrons. The van der Waals surface area contributed by atoms with Crippen molar-refractivity contribution in [2.45, 2.75) is 13.8 Å². The van der Waals surface area contributed by atoms with Crippen molar-refractivity contribution >= 4 is 17.6 Å². The van der Waals surface area contributed by atoms with Crippen molar-refractivity contribution in [3.05, 3.63) is 47.5 Å². The fourth-order valence-corrected chi connectivity index (χ4v) is 2.33. The van der Waals surface area contributed by atoms with Crippen LogP contribution in [0.5, 0.6) is 17.2 Å². The van der Waals surface area contributed by atoms with E-state index in [0.29, 0.717) is 35.3 Å². The Hall–Kier alpha value is -3.22. The van der Waals surface area contributed by atoms with Gasteiger partial charge in [-0.2, -0.15) is 0 Å². The van der Waals surface area contributed by atoms with E-state index in [0.717, 1.165) is 0 Å². The van der Waals surface area contributed by atoms with Crippen LogP contribution in [0.1, 0.15) is 34.6 Å². The van der Waals surface area contributed by atoms with Crippen molar-refractivity contribution in [2.24, 2.45) is 5.92 Å². The molecule has 1 amide bonds. The molecule has 27 heavy (non-hydrogen) atoms. The summed E-state index contributed by atoms with van der Waals surface area (Å²) in [5.74, 6) is 0.0781. The number of carbonyl (C=O) groups excluding carboxylic acids is 1. The number of carboxylic acid groups (broad SMARTS) is 1. The van der Waals surface area contributed by atoms with Gasteiger partial charge in [-0.1, -0.05) is 13.8 Å². The molecule has 2 N–H and O–H groups in total. The summed E-state index contributed by atoms with van der Waals surface area (Å²) < 4.78 is 16.1. The Balaban J connectivity index is 2.19. The average molecular weight is 373 g/mol. The summed E-state index contributed by atoms with van der Waals surface area (Å²) >= 11 is 0. The summed E-state index contributed by atoms with van der Waals surface area (Å²) in [7, 11) is 2.88. The molecule has 0 spiro atoms. The maximum absolute atomic E-state index is 12.5. The number of nitrogens with one attached hydrogen (secondary N) is 1. The second-order valence-electron chi connectivity index (χ2n) is 6.24. The van der Waals surface area contributed by atoms with E-state index < -0.39 is 5.97 Å². The van der Waals surface area contributed by atoms with Crippen LogP contribution in [-0.4, -0.2) is 37.8 Å². The first-order chi connectivity index (χ1) is 12.8. The second kappa shape index (κ2) is 8.93. The van der Waals surface area contributed by atoms with E-state index in [2.05, 4.69) is 5.32 Å². The van der Waals surface area contributed by atoms with Gasteiger partial charge in [0.15, 0.2) is 11.5 Å². The molecule has 0 aromatic heterocycles. The molecular weight excluding hydrogens is 350 g/mol. The average Bonchev–Trinajstić information content (AvgIpc) is 2.65. The highest BCUT2D eigenvalue weighted by atomic mass is 16.5. The van der Waals surface area contributed by atoms with Crippen LogP contribution in [-0.2, 0) is 0 Å². The minimum atomic E-state index is -1.11. The number of benzene rings is 2. The molecule has 2 aromatic rings. The Morgan fingerprint density at radius 3 is 2.30 bits per heavy atom. The lowest BCUT2D eigenvalue weighted by Crippen LogP contribution is -2.13. The Morgan fingerprint density at radius 2 is 1.70 bits per heavy atom. The molecule has 0 fully saturated rings. The fourth-order valence-electron chi connectivity index (χ4n) is 2.33. The van der Waals surface area contributed by atoms with Gasteiger partial charge in [-0.15, -0.1) is 0 Å². The molecular formula is C20H23NO6. The normalized spacial score (nSPS) is 10.4. The number of aromatic carboxylic acids is 1. The summed E-state index contributed by atoms with van der Waals surface area (Å²) in [5.41, 5.74) is 0.815. The fraction of sp³-hybridized carbons (Fsp3) is 0.300. The molecule has 2 aromatic carbocycles. The highest BCUT2D eigenvalue weighted by Crippen LogP contribution is 2.29. The van der Waals surface area contributed by atoms with E-state index in [1.54, 1.807) is 18.2 Å². The van der Waals surface area contributed by atoms with E-state index in [1.165, 1.54) is 32.4 Å². The van der Waals surface area contributed by atoms with Gasteiger partial charge >= 0.3 is 5.97 Å². The third-order valence-electron chi connectivity index (χ3n) is 3.69. The predicted octanol–water partition coefficient (Wildman–Crippen LogP) is 3.69.